The molecule has 4 nitrogen and oxygen atoms in total. The van der Waals surface area contributed by atoms with Crippen molar-refractivity contribution < 1.29 is 0 Å². The molecule has 0 spiro atoms. The third-order valence-electron chi connectivity index (χ3n) is 3.11. The van der Waals surface area contributed by atoms with Gasteiger partial charge in [-0.1, -0.05) is 12.1 Å². The second-order valence-corrected chi connectivity index (χ2v) is 4.55. The summed E-state index contributed by atoms with van der Waals surface area (Å²) in [6.07, 6.45) is 1.75. The van der Waals surface area contributed by atoms with Gasteiger partial charge < -0.3 is 10.6 Å². The molecule has 4 heteroatoms. The van der Waals surface area contributed by atoms with Crippen LogP contribution < -0.4 is 10.6 Å². The van der Waals surface area contributed by atoms with E-state index in [0.29, 0.717) is 0 Å². The summed E-state index contributed by atoms with van der Waals surface area (Å²) in [4.78, 5) is 2.09. The molecule has 1 heterocycles. The summed E-state index contributed by atoms with van der Waals surface area (Å²) >= 11 is 0. The fourth-order valence-corrected chi connectivity index (χ4v) is 1.86. The topological polar surface area (TPSA) is 55.0 Å². The Morgan fingerprint density at radius 3 is 2.72 bits per heavy atom. The smallest absolute Gasteiger partial charge is 0.151 e. The van der Waals surface area contributed by atoms with Crippen molar-refractivity contribution in [1.29, 1.82) is 0 Å². The first-order valence-electron chi connectivity index (χ1n) is 5.95. The number of hydrogen-bond donors (Lipinski definition) is 1. The fourth-order valence-electron chi connectivity index (χ4n) is 1.86. The molecule has 0 amide bonds. The monoisotopic (exact) mass is 242 g/mol. The van der Waals surface area contributed by atoms with Crippen molar-refractivity contribution >= 4 is 11.5 Å². The molecule has 2 N–H and O–H groups in total. The van der Waals surface area contributed by atoms with E-state index in [2.05, 4.69) is 28.1 Å². The third-order valence-corrected chi connectivity index (χ3v) is 3.11. The second-order valence-electron chi connectivity index (χ2n) is 4.55. The van der Waals surface area contributed by atoms with Gasteiger partial charge in [0.1, 0.15) is 0 Å². The van der Waals surface area contributed by atoms with E-state index in [1.54, 1.807) is 6.20 Å². The standard InChI is InChI=1S/C14H18N4/c1-10-7-14(17-16-9-10)18(3)11(2)12-5-4-6-13(15)8-12/h4-9,11H,15H2,1-3H3. The number of hydrogen-bond acceptors (Lipinski definition) is 4. The molecule has 94 valence electrons. The minimum atomic E-state index is 0.199. The van der Waals surface area contributed by atoms with Crippen molar-refractivity contribution in [1.82, 2.24) is 10.2 Å². The van der Waals surface area contributed by atoms with Crippen LogP contribution in [0.1, 0.15) is 24.1 Å². The van der Waals surface area contributed by atoms with Crippen molar-refractivity contribution in [2.45, 2.75) is 19.9 Å². The number of nitrogen functional groups attached to an aromatic ring is 1. The normalized spacial score (nSPS) is 12.2. The van der Waals surface area contributed by atoms with Gasteiger partial charge in [0, 0.05) is 12.7 Å². The highest BCUT2D eigenvalue weighted by atomic mass is 15.3. The molecule has 1 aromatic heterocycles. The van der Waals surface area contributed by atoms with E-state index in [1.165, 1.54) is 5.56 Å². The van der Waals surface area contributed by atoms with E-state index in [1.807, 2.05) is 38.2 Å². The minimum absolute atomic E-state index is 0.199. The summed E-state index contributed by atoms with van der Waals surface area (Å²) < 4.78 is 0. The lowest BCUT2D eigenvalue weighted by atomic mass is 10.1. The lowest BCUT2D eigenvalue weighted by Gasteiger charge is -2.26. The number of aryl methyl sites for hydroxylation is 1. The molecule has 0 aliphatic rings. The van der Waals surface area contributed by atoms with Gasteiger partial charge in [-0.05, 0) is 43.2 Å². The molecule has 0 fully saturated rings. The Hall–Kier alpha value is -2.10. The van der Waals surface area contributed by atoms with Gasteiger partial charge in [0.25, 0.3) is 0 Å². The van der Waals surface area contributed by atoms with Gasteiger partial charge in [0.2, 0.25) is 0 Å². The number of anilines is 2. The van der Waals surface area contributed by atoms with Crippen molar-refractivity contribution in [3.8, 4) is 0 Å². The first kappa shape index (κ1) is 12.4. The van der Waals surface area contributed by atoms with Crippen LogP contribution in [-0.2, 0) is 0 Å². The SMILES string of the molecule is Cc1cnnc(N(C)C(C)c2cccc(N)c2)c1. The zero-order chi connectivity index (χ0) is 13.1. The first-order valence-corrected chi connectivity index (χ1v) is 5.95. The first-order chi connectivity index (χ1) is 8.58. The molecule has 0 aliphatic carbocycles. The van der Waals surface area contributed by atoms with Gasteiger partial charge >= 0.3 is 0 Å². The average molecular weight is 242 g/mol. The maximum absolute atomic E-state index is 5.81. The Morgan fingerprint density at radius 2 is 2.06 bits per heavy atom. The van der Waals surface area contributed by atoms with E-state index in [-0.39, 0.29) is 6.04 Å². The van der Waals surface area contributed by atoms with Crippen molar-refractivity contribution in [2.24, 2.45) is 0 Å². The Labute approximate surface area is 107 Å². The van der Waals surface area contributed by atoms with Gasteiger partial charge in [-0.25, -0.2) is 0 Å². The van der Waals surface area contributed by atoms with Gasteiger partial charge in [-0.15, -0.1) is 5.10 Å². The zero-order valence-electron chi connectivity index (χ0n) is 11.0. The summed E-state index contributed by atoms with van der Waals surface area (Å²) in [5.74, 6) is 0.866. The van der Waals surface area contributed by atoms with E-state index >= 15 is 0 Å². The minimum Gasteiger partial charge on any atom is -0.399 e. The van der Waals surface area contributed by atoms with E-state index in [9.17, 15) is 0 Å². The van der Waals surface area contributed by atoms with Crippen molar-refractivity contribution in [3.63, 3.8) is 0 Å². The Kier molecular flexibility index (Phi) is 3.46. The van der Waals surface area contributed by atoms with E-state index in [4.69, 9.17) is 5.73 Å². The van der Waals surface area contributed by atoms with Gasteiger partial charge in [-0.2, -0.15) is 5.10 Å². The number of benzene rings is 1. The maximum atomic E-state index is 5.81. The predicted molar refractivity (Wildman–Crippen MR) is 74.4 cm³/mol. The lowest BCUT2D eigenvalue weighted by molar-refractivity contribution is 0.719. The highest BCUT2D eigenvalue weighted by Crippen LogP contribution is 2.24. The predicted octanol–water partition coefficient (Wildman–Crippen LogP) is 2.56. The number of nitrogens with zero attached hydrogens (tertiary/aromatic N) is 3. The van der Waals surface area contributed by atoms with Crippen LogP contribution in [-0.4, -0.2) is 17.2 Å². The third kappa shape index (κ3) is 2.59. The molecule has 1 atom stereocenters. The van der Waals surface area contributed by atoms with E-state index < -0.39 is 0 Å². The van der Waals surface area contributed by atoms with Crippen LogP contribution >= 0.6 is 0 Å². The summed E-state index contributed by atoms with van der Waals surface area (Å²) in [6, 6.07) is 10.1. The molecule has 0 saturated carbocycles. The molecular formula is C14H18N4. The van der Waals surface area contributed by atoms with Gasteiger partial charge in [0.05, 0.1) is 12.2 Å². The van der Waals surface area contributed by atoms with Crippen LogP contribution in [0.3, 0.4) is 0 Å². The van der Waals surface area contributed by atoms with E-state index in [0.717, 1.165) is 17.1 Å². The van der Waals surface area contributed by atoms with Gasteiger partial charge in [-0.3, -0.25) is 0 Å². The highest BCUT2D eigenvalue weighted by molar-refractivity contribution is 5.46. The Bertz CT molecular complexity index is 489. The second kappa shape index (κ2) is 5.04. The van der Waals surface area contributed by atoms with Crippen molar-refractivity contribution in [2.75, 3.05) is 17.7 Å². The molecule has 0 aliphatic heterocycles. The quantitative estimate of drug-likeness (QED) is 0.840. The maximum Gasteiger partial charge on any atom is 0.151 e. The molecular weight excluding hydrogens is 224 g/mol. The molecule has 2 aromatic rings. The fraction of sp³-hybridized carbons (Fsp3) is 0.286. The molecule has 1 aromatic carbocycles. The summed E-state index contributed by atoms with van der Waals surface area (Å²) in [6.45, 7) is 4.13. The largest absolute Gasteiger partial charge is 0.399 e. The average Bonchev–Trinajstić information content (AvgIpc) is 2.37. The summed E-state index contributed by atoms with van der Waals surface area (Å²) in [7, 11) is 2.01. The molecule has 0 radical (unpaired) electrons. The molecule has 0 saturated heterocycles. The molecule has 2 rings (SSSR count). The molecule has 1 unspecified atom stereocenters. The van der Waals surface area contributed by atoms with Gasteiger partial charge in [0.15, 0.2) is 5.82 Å². The number of nitrogens with two attached hydrogens (primary N) is 1. The van der Waals surface area contributed by atoms with Crippen LogP contribution in [0.25, 0.3) is 0 Å². The van der Waals surface area contributed by atoms with Crippen LogP contribution in [0, 0.1) is 6.92 Å². The zero-order valence-corrected chi connectivity index (χ0v) is 11.0. The number of rotatable bonds is 3. The number of aromatic nitrogens is 2. The summed E-state index contributed by atoms with van der Waals surface area (Å²) in [5.41, 5.74) is 8.86. The van der Waals surface area contributed by atoms with Crippen LogP contribution in [0.2, 0.25) is 0 Å². The Balaban J connectivity index is 2.26. The van der Waals surface area contributed by atoms with Crippen LogP contribution in [0.4, 0.5) is 11.5 Å². The lowest BCUT2D eigenvalue weighted by Crippen LogP contribution is -2.23. The highest BCUT2D eigenvalue weighted by Gasteiger charge is 2.13. The molecule has 0 bridgehead atoms. The molecule has 18 heavy (non-hydrogen) atoms. The summed E-state index contributed by atoms with van der Waals surface area (Å²) in [5, 5.41) is 8.14. The van der Waals surface area contributed by atoms with Crippen LogP contribution in [0.15, 0.2) is 36.5 Å². The van der Waals surface area contributed by atoms with Crippen molar-refractivity contribution in [3.05, 3.63) is 47.7 Å². The Morgan fingerprint density at radius 1 is 1.28 bits per heavy atom. The van der Waals surface area contributed by atoms with Crippen LogP contribution in [0.5, 0.6) is 0 Å².